The molecule has 202 valence electrons. The number of methoxy groups -OCH3 is 1. The molecule has 2 fully saturated rings. The second-order valence-corrected chi connectivity index (χ2v) is 10.9. The van der Waals surface area contributed by atoms with Crippen molar-refractivity contribution >= 4 is 5.97 Å². The molecular formula is C31H35N5O3. The zero-order chi connectivity index (χ0) is 26.9. The van der Waals surface area contributed by atoms with E-state index in [4.69, 9.17) is 9.47 Å². The minimum atomic E-state index is -0.379. The van der Waals surface area contributed by atoms with Crippen molar-refractivity contribution in [3.05, 3.63) is 77.4 Å². The van der Waals surface area contributed by atoms with Gasteiger partial charge in [-0.15, -0.1) is 5.10 Å². The highest BCUT2D eigenvalue weighted by atomic mass is 16.5. The summed E-state index contributed by atoms with van der Waals surface area (Å²) < 4.78 is 15.0. The number of ether oxygens (including phenoxy) is 2. The second kappa shape index (κ2) is 10.7. The number of hydrogen-bond acceptors (Lipinski definition) is 6. The Morgan fingerprint density at radius 1 is 1.08 bits per heavy atom. The maximum Gasteiger partial charge on any atom is 0.341 e. The molecule has 2 aromatic carbocycles. The zero-order valence-electron chi connectivity index (χ0n) is 22.8. The lowest BCUT2D eigenvalue weighted by molar-refractivity contribution is 0.0599. The van der Waals surface area contributed by atoms with Crippen LogP contribution in [0.5, 0.6) is 5.75 Å². The largest absolute Gasteiger partial charge is 0.493 e. The van der Waals surface area contributed by atoms with E-state index in [1.807, 2.05) is 30.1 Å². The standard InChI is InChI=1S/C31H35N5O3/c1-20-24(13-8-14-29(20)39-19-21-9-5-4-6-10-21)22-11-7-12-23(15-22)36-30(27(17-32-36)31(37)38-3)26-16-25(26)28-18-35(2)34-33-28/h7-8,11-15,17-18,21,25-26H,4-6,9-10,16,19H2,1-3H3. The SMILES string of the molecule is COC(=O)c1cnn(-c2cccc(-c3cccc(OCC4CCCCC4)c3C)c2)c1C1CC1c1cn(C)nn1. The van der Waals surface area contributed by atoms with Crippen molar-refractivity contribution in [1.29, 1.82) is 0 Å². The smallest absolute Gasteiger partial charge is 0.341 e. The predicted molar refractivity (Wildman–Crippen MR) is 148 cm³/mol. The molecule has 0 saturated heterocycles. The second-order valence-electron chi connectivity index (χ2n) is 10.9. The van der Waals surface area contributed by atoms with Gasteiger partial charge in [0.25, 0.3) is 0 Å². The summed E-state index contributed by atoms with van der Waals surface area (Å²) in [7, 11) is 3.27. The van der Waals surface area contributed by atoms with E-state index >= 15 is 0 Å². The molecular weight excluding hydrogens is 490 g/mol. The molecule has 2 aliphatic carbocycles. The van der Waals surface area contributed by atoms with E-state index in [0.29, 0.717) is 11.5 Å². The molecule has 0 bridgehead atoms. The Bertz CT molecular complexity index is 1480. The third-order valence-corrected chi connectivity index (χ3v) is 8.24. The molecule has 4 aromatic rings. The van der Waals surface area contributed by atoms with Crippen molar-refractivity contribution in [2.45, 2.75) is 57.3 Å². The van der Waals surface area contributed by atoms with E-state index in [1.165, 1.54) is 39.2 Å². The van der Waals surface area contributed by atoms with E-state index in [9.17, 15) is 4.79 Å². The molecule has 2 unspecified atom stereocenters. The summed E-state index contributed by atoms with van der Waals surface area (Å²) in [5.74, 6) is 1.53. The van der Waals surface area contributed by atoms with Crippen LogP contribution in [0, 0.1) is 12.8 Å². The minimum absolute atomic E-state index is 0.111. The van der Waals surface area contributed by atoms with E-state index in [-0.39, 0.29) is 17.8 Å². The first-order valence-corrected chi connectivity index (χ1v) is 13.9. The normalized spacial score (nSPS) is 19.2. The van der Waals surface area contributed by atoms with Crippen LogP contribution >= 0.6 is 0 Å². The minimum Gasteiger partial charge on any atom is -0.493 e. The lowest BCUT2D eigenvalue weighted by atomic mass is 9.90. The molecule has 2 aromatic heterocycles. The summed E-state index contributed by atoms with van der Waals surface area (Å²) in [4.78, 5) is 12.7. The number of aryl methyl sites for hydroxylation is 1. The number of rotatable bonds is 8. The van der Waals surface area contributed by atoms with Gasteiger partial charge in [0.05, 0.1) is 37.0 Å². The Labute approximate surface area is 228 Å². The molecule has 8 heteroatoms. The number of esters is 1. The number of nitrogens with zero attached hydrogens (tertiary/aromatic N) is 5. The van der Waals surface area contributed by atoms with Crippen LogP contribution in [0.25, 0.3) is 16.8 Å². The van der Waals surface area contributed by atoms with E-state index in [0.717, 1.165) is 52.5 Å². The zero-order valence-corrected chi connectivity index (χ0v) is 22.8. The van der Waals surface area contributed by atoms with Crippen LogP contribution in [0.1, 0.15) is 77.7 Å². The molecule has 0 amide bonds. The first-order chi connectivity index (χ1) is 19.0. The fraction of sp³-hybridized carbons (Fsp3) is 0.419. The lowest BCUT2D eigenvalue weighted by Gasteiger charge is -2.22. The number of carbonyl (C=O) groups is 1. The van der Waals surface area contributed by atoms with Gasteiger partial charge in [0.15, 0.2) is 0 Å². The van der Waals surface area contributed by atoms with Crippen molar-refractivity contribution < 1.29 is 14.3 Å². The topological polar surface area (TPSA) is 84.1 Å². The van der Waals surface area contributed by atoms with Crippen LogP contribution in [0.3, 0.4) is 0 Å². The van der Waals surface area contributed by atoms with E-state index in [2.05, 4.69) is 52.7 Å². The number of hydrogen-bond donors (Lipinski definition) is 0. The Morgan fingerprint density at radius 3 is 2.67 bits per heavy atom. The molecule has 2 heterocycles. The van der Waals surface area contributed by atoms with Crippen LogP contribution in [-0.2, 0) is 11.8 Å². The van der Waals surface area contributed by atoms with Crippen LogP contribution in [0.15, 0.2) is 54.9 Å². The first kappa shape index (κ1) is 25.3. The molecule has 0 N–H and O–H groups in total. The molecule has 2 atom stereocenters. The monoisotopic (exact) mass is 525 g/mol. The van der Waals surface area contributed by atoms with Gasteiger partial charge < -0.3 is 9.47 Å². The first-order valence-electron chi connectivity index (χ1n) is 13.9. The Morgan fingerprint density at radius 2 is 1.90 bits per heavy atom. The van der Waals surface area contributed by atoms with Gasteiger partial charge in [0, 0.05) is 25.1 Å². The van der Waals surface area contributed by atoms with Gasteiger partial charge in [-0.1, -0.05) is 48.7 Å². The maximum absolute atomic E-state index is 12.7. The molecule has 2 aliphatic rings. The quantitative estimate of drug-likeness (QED) is 0.263. The predicted octanol–water partition coefficient (Wildman–Crippen LogP) is 5.99. The van der Waals surface area contributed by atoms with Crippen molar-refractivity contribution in [1.82, 2.24) is 24.8 Å². The molecule has 0 aliphatic heterocycles. The average molecular weight is 526 g/mol. The number of aromatic nitrogens is 5. The van der Waals surface area contributed by atoms with Gasteiger partial charge in [-0.2, -0.15) is 5.10 Å². The fourth-order valence-corrected chi connectivity index (χ4v) is 6.00. The van der Waals surface area contributed by atoms with Gasteiger partial charge >= 0.3 is 5.97 Å². The van der Waals surface area contributed by atoms with Crippen molar-refractivity contribution in [3.63, 3.8) is 0 Å². The molecule has 0 radical (unpaired) electrons. The number of benzene rings is 2. The summed E-state index contributed by atoms with van der Waals surface area (Å²) in [6.07, 6.45) is 10.9. The highest BCUT2D eigenvalue weighted by Crippen LogP contribution is 2.55. The summed E-state index contributed by atoms with van der Waals surface area (Å²) in [6.45, 7) is 2.91. The fourth-order valence-electron chi connectivity index (χ4n) is 6.00. The van der Waals surface area contributed by atoms with Gasteiger partial charge in [-0.05, 0) is 67.0 Å². The average Bonchev–Trinajstić information content (AvgIpc) is 3.42. The van der Waals surface area contributed by atoms with Crippen molar-refractivity contribution in [2.75, 3.05) is 13.7 Å². The Kier molecular flexibility index (Phi) is 6.94. The molecule has 0 spiro atoms. The third kappa shape index (κ3) is 5.07. The Hall–Kier alpha value is -3.94. The van der Waals surface area contributed by atoms with E-state index in [1.54, 1.807) is 10.9 Å². The van der Waals surface area contributed by atoms with Crippen molar-refractivity contribution in [2.24, 2.45) is 13.0 Å². The van der Waals surface area contributed by atoms with Gasteiger partial charge in [0.2, 0.25) is 0 Å². The maximum atomic E-state index is 12.7. The third-order valence-electron chi connectivity index (χ3n) is 8.24. The van der Waals surface area contributed by atoms with Gasteiger partial charge in [0.1, 0.15) is 11.3 Å². The molecule has 8 nitrogen and oxygen atoms in total. The molecule has 6 rings (SSSR count). The van der Waals surface area contributed by atoms with Crippen LogP contribution < -0.4 is 4.74 Å². The molecule has 2 saturated carbocycles. The summed E-state index contributed by atoms with van der Waals surface area (Å²) in [6, 6.07) is 14.6. The summed E-state index contributed by atoms with van der Waals surface area (Å²) in [5.41, 5.74) is 6.52. The van der Waals surface area contributed by atoms with Crippen LogP contribution in [-0.4, -0.2) is 44.5 Å². The van der Waals surface area contributed by atoms with Gasteiger partial charge in [-0.3, -0.25) is 4.68 Å². The van der Waals surface area contributed by atoms with Gasteiger partial charge in [-0.25, -0.2) is 9.48 Å². The highest BCUT2D eigenvalue weighted by Gasteiger charge is 2.46. The van der Waals surface area contributed by atoms with E-state index < -0.39 is 0 Å². The number of carbonyl (C=O) groups excluding carboxylic acids is 1. The van der Waals surface area contributed by atoms with Crippen LogP contribution in [0.2, 0.25) is 0 Å². The summed E-state index contributed by atoms with van der Waals surface area (Å²) in [5, 5.41) is 13.1. The molecule has 39 heavy (non-hydrogen) atoms. The van der Waals surface area contributed by atoms with Crippen molar-refractivity contribution in [3.8, 4) is 22.6 Å². The highest BCUT2D eigenvalue weighted by molar-refractivity contribution is 5.91. The van der Waals surface area contributed by atoms with Crippen LogP contribution in [0.4, 0.5) is 0 Å². The summed E-state index contributed by atoms with van der Waals surface area (Å²) >= 11 is 0. The Balaban J connectivity index is 1.31. The lowest BCUT2D eigenvalue weighted by Crippen LogP contribution is -2.15.